The topological polar surface area (TPSA) is 48.5 Å². The molecule has 1 fully saturated rings. The highest BCUT2D eigenvalue weighted by molar-refractivity contribution is 5.92. The van der Waals surface area contributed by atoms with E-state index in [1.165, 1.54) is 0 Å². The highest BCUT2D eigenvalue weighted by Gasteiger charge is 2.21. The van der Waals surface area contributed by atoms with Crippen molar-refractivity contribution in [1.82, 2.24) is 14.8 Å². The van der Waals surface area contributed by atoms with E-state index in [0.29, 0.717) is 5.69 Å². The van der Waals surface area contributed by atoms with Crippen LogP contribution < -0.4 is 5.32 Å². The number of nitrogens with zero attached hydrogens (tertiary/aromatic N) is 3. The van der Waals surface area contributed by atoms with E-state index < -0.39 is 0 Å². The largest absolute Gasteiger partial charge is 0.354 e. The van der Waals surface area contributed by atoms with Crippen LogP contribution in [0.2, 0.25) is 0 Å². The number of carbonyl (C=O) groups excluding carboxylic acids is 1. The van der Waals surface area contributed by atoms with Gasteiger partial charge >= 0.3 is 0 Å². The molecule has 5 heteroatoms. The number of pyridine rings is 1. The molecule has 5 nitrogen and oxygen atoms in total. The average molecular weight is 296 g/mol. The summed E-state index contributed by atoms with van der Waals surface area (Å²) in [7, 11) is 2.07. The van der Waals surface area contributed by atoms with Gasteiger partial charge in [-0.3, -0.25) is 4.79 Å². The van der Waals surface area contributed by atoms with Gasteiger partial charge in [-0.2, -0.15) is 0 Å². The number of anilines is 2. The SMILES string of the molecule is CN1CCN(C(=O)c2ccc(Nc3ccccc3)cn2)CC1. The van der Waals surface area contributed by atoms with E-state index in [9.17, 15) is 4.79 Å². The fourth-order valence-corrected chi connectivity index (χ4v) is 2.45. The number of para-hydroxylation sites is 1. The van der Waals surface area contributed by atoms with E-state index in [2.05, 4.69) is 22.2 Å². The van der Waals surface area contributed by atoms with Crippen LogP contribution in [-0.4, -0.2) is 53.9 Å². The number of amides is 1. The van der Waals surface area contributed by atoms with Gasteiger partial charge in [0.2, 0.25) is 0 Å². The molecule has 1 aliphatic rings. The number of benzene rings is 1. The number of likely N-dealkylation sites (N-methyl/N-ethyl adjacent to an activating group) is 1. The number of nitrogens with one attached hydrogen (secondary N) is 1. The van der Waals surface area contributed by atoms with Crippen LogP contribution in [0.4, 0.5) is 11.4 Å². The molecule has 3 rings (SSSR count). The first-order valence-corrected chi connectivity index (χ1v) is 7.48. The normalized spacial score (nSPS) is 15.6. The zero-order chi connectivity index (χ0) is 15.4. The maximum absolute atomic E-state index is 12.4. The summed E-state index contributed by atoms with van der Waals surface area (Å²) in [6.07, 6.45) is 1.70. The summed E-state index contributed by atoms with van der Waals surface area (Å²) < 4.78 is 0. The Hall–Kier alpha value is -2.40. The van der Waals surface area contributed by atoms with Crippen molar-refractivity contribution < 1.29 is 4.79 Å². The van der Waals surface area contributed by atoms with Gasteiger partial charge in [0.1, 0.15) is 5.69 Å². The molecular formula is C17H20N4O. The fourth-order valence-electron chi connectivity index (χ4n) is 2.45. The van der Waals surface area contributed by atoms with Gasteiger partial charge < -0.3 is 15.1 Å². The monoisotopic (exact) mass is 296 g/mol. The zero-order valence-electron chi connectivity index (χ0n) is 12.7. The summed E-state index contributed by atoms with van der Waals surface area (Å²) in [5, 5.41) is 3.26. The Morgan fingerprint density at radius 1 is 1.00 bits per heavy atom. The van der Waals surface area contributed by atoms with Crippen LogP contribution in [0.5, 0.6) is 0 Å². The molecule has 1 saturated heterocycles. The second-order valence-corrected chi connectivity index (χ2v) is 5.52. The van der Waals surface area contributed by atoms with Crippen LogP contribution in [-0.2, 0) is 0 Å². The second-order valence-electron chi connectivity index (χ2n) is 5.52. The molecule has 1 aromatic carbocycles. The van der Waals surface area contributed by atoms with Crippen molar-refractivity contribution in [2.45, 2.75) is 0 Å². The van der Waals surface area contributed by atoms with Crippen LogP contribution in [0.3, 0.4) is 0 Å². The zero-order valence-corrected chi connectivity index (χ0v) is 12.7. The summed E-state index contributed by atoms with van der Waals surface area (Å²) in [6.45, 7) is 3.36. The minimum absolute atomic E-state index is 0.0133. The van der Waals surface area contributed by atoms with Gasteiger partial charge in [-0.05, 0) is 31.3 Å². The Balaban J connectivity index is 1.65. The molecule has 1 N–H and O–H groups in total. The molecule has 0 radical (unpaired) electrons. The van der Waals surface area contributed by atoms with E-state index >= 15 is 0 Å². The van der Waals surface area contributed by atoms with Crippen LogP contribution >= 0.6 is 0 Å². The molecule has 114 valence electrons. The van der Waals surface area contributed by atoms with E-state index in [1.54, 1.807) is 12.3 Å². The van der Waals surface area contributed by atoms with Gasteiger partial charge in [0, 0.05) is 31.9 Å². The molecule has 1 aromatic heterocycles. The average Bonchev–Trinajstić information content (AvgIpc) is 2.57. The molecule has 0 unspecified atom stereocenters. The molecule has 0 aliphatic carbocycles. The van der Waals surface area contributed by atoms with Crippen molar-refractivity contribution in [3.8, 4) is 0 Å². The summed E-state index contributed by atoms with van der Waals surface area (Å²) in [4.78, 5) is 20.8. The number of piperazine rings is 1. The molecule has 2 heterocycles. The minimum Gasteiger partial charge on any atom is -0.354 e. The van der Waals surface area contributed by atoms with Crippen LogP contribution in [0, 0.1) is 0 Å². The molecule has 0 bridgehead atoms. The number of hydrogen-bond acceptors (Lipinski definition) is 4. The lowest BCUT2D eigenvalue weighted by Crippen LogP contribution is -2.47. The highest BCUT2D eigenvalue weighted by atomic mass is 16.2. The van der Waals surface area contributed by atoms with Gasteiger partial charge in [-0.15, -0.1) is 0 Å². The third kappa shape index (κ3) is 3.43. The van der Waals surface area contributed by atoms with Gasteiger partial charge in [0.05, 0.1) is 11.9 Å². The molecule has 2 aromatic rings. The first-order valence-electron chi connectivity index (χ1n) is 7.48. The molecule has 22 heavy (non-hydrogen) atoms. The van der Waals surface area contributed by atoms with Gasteiger partial charge in [-0.1, -0.05) is 18.2 Å². The highest BCUT2D eigenvalue weighted by Crippen LogP contribution is 2.16. The number of hydrogen-bond donors (Lipinski definition) is 1. The Kier molecular flexibility index (Phi) is 4.34. The lowest BCUT2D eigenvalue weighted by atomic mass is 10.2. The minimum atomic E-state index is 0.0133. The maximum Gasteiger partial charge on any atom is 0.272 e. The predicted molar refractivity (Wildman–Crippen MR) is 87.4 cm³/mol. The van der Waals surface area contributed by atoms with Crippen molar-refractivity contribution in [1.29, 1.82) is 0 Å². The van der Waals surface area contributed by atoms with Gasteiger partial charge in [0.15, 0.2) is 0 Å². The second kappa shape index (κ2) is 6.58. The Morgan fingerprint density at radius 3 is 2.36 bits per heavy atom. The molecular weight excluding hydrogens is 276 g/mol. The van der Waals surface area contributed by atoms with E-state index in [0.717, 1.165) is 37.6 Å². The lowest BCUT2D eigenvalue weighted by molar-refractivity contribution is 0.0658. The molecule has 0 spiro atoms. The van der Waals surface area contributed by atoms with Crippen LogP contribution in [0.25, 0.3) is 0 Å². The third-order valence-corrected chi connectivity index (χ3v) is 3.84. The van der Waals surface area contributed by atoms with Gasteiger partial charge in [-0.25, -0.2) is 4.98 Å². The lowest BCUT2D eigenvalue weighted by Gasteiger charge is -2.32. The molecule has 0 saturated carbocycles. The first kappa shape index (κ1) is 14.5. The quantitative estimate of drug-likeness (QED) is 0.943. The number of aromatic nitrogens is 1. The van der Waals surface area contributed by atoms with Crippen molar-refractivity contribution in [3.63, 3.8) is 0 Å². The Bertz CT molecular complexity index is 619. The smallest absolute Gasteiger partial charge is 0.272 e. The molecule has 1 amide bonds. The van der Waals surface area contributed by atoms with Crippen LogP contribution in [0.1, 0.15) is 10.5 Å². The fraction of sp³-hybridized carbons (Fsp3) is 0.294. The summed E-state index contributed by atoms with van der Waals surface area (Å²) >= 11 is 0. The van der Waals surface area contributed by atoms with E-state index in [-0.39, 0.29) is 5.91 Å². The van der Waals surface area contributed by atoms with Crippen molar-refractivity contribution in [2.75, 3.05) is 38.5 Å². The first-order chi connectivity index (χ1) is 10.7. The molecule has 1 aliphatic heterocycles. The van der Waals surface area contributed by atoms with Crippen molar-refractivity contribution >= 4 is 17.3 Å². The van der Waals surface area contributed by atoms with Crippen LogP contribution in [0.15, 0.2) is 48.7 Å². The predicted octanol–water partition coefficient (Wildman–Crippen LogP) is 2.21. The Morgan fingerprint density at radius 2 is 1.73 bits per heavy atom. The van der Waals surface area contributed by atoms with E-state index in [4.69, 9.17) is 0 Å². The number of rotatable bonds is 3. The number of carbonyl (C=O) groups is 1. The summed E-state index contributed by atoms with van der Waals surface area (Å²) in [5.41, 5.74) is 2.38. The standard InChI is InChI=1S/C17H20N4O/c1-20-9-11-21(12-10-20)17(22)16-8-7-15(13-18-16)19-14-5-3-2-4-6-14/h2-8,13,19H,9-12H2,1H3. The Labute approximate surface area is 130 Å². The van der Waals surface area contributed by atoms with Crippen molar-refractivity contribution in [3.05, 3.63) is 54.4 Å². The summed E-state index contributed by atoms with van der Waals surface area (Å²) in [5.74, 6) is 0.0133. The van der Waals surface area contributed by atoms with Crippen molar-refractivity contribution in [2.24, 2.45) is 0 Å². The summed E-state index contributed by atoms with van der Waals surface area (Å²) in [6, 6.07) is 13.6. The van der Waals surface area contributed by atoms with Gasteiger partial charge in [0.25, 0.3) is 5.91 Å². The third-order valence-electron chi connectivity index (χ3n) is 3.84. The van der Waals surface area contributed by atoms with E-state index in [1.807, 2.05) is 41.3 Å². The molecule has 0 atom stereocenters. The maximum atomic E-state index is 12.4.